The molecule has 0 saturated heterocycles. The molecular formula is C8H7N4O2S+. The molecule has 76 valence electrons. The van der Waals surface area contributed by atoms with Gasteiger partial charge in [-0.1, -0.05) is 5.11 Å². The molecule has 15 heavy (non-hydrogen) atoms. The van der Waals surface area contributed by atoms with Gasteiger partial charge in [-0.05, 0) is 11.6 Å². The van der Waals surface area contributed by atoms with E-state index in [1.165, 1.54) is 17.4 Å². The number of esters is 1. The molecular weight excluding hydrogens is 216 g/mol. The molecule has 0 saturated carbocycles. The number of ether oxygens (including phenoxy) is 1. The maximum Gasteiger partial charge on any atom is 0.343 e. The van der Waals surface area contributed by atoms with Crippen LogP contribution in [0.2, 0.25) is 0 Å². The van der Waals surface area contributed by atoms with Crippen molar-refractivity contribution in [1.29, 1.82) is 0 Å². The normalized spacial score (nSPS) is 10.5. The number of nitrogens with zero attached hydrogens (tertiary/aromatic N) is 4. The summed E-state index contributed by atoms with van der Waals surface area (Å²) in [6.07, 6.45) is 2.96. The Bertz CT molecular complexity index is 406. The van der Waals surface area contributed by atoms with Crippen molar-refractivity contribution in [3.63, 3.8) is 0 Å². The number of rotatable bonds is 4. The van der Waals surface area contributed by atoms with Crippen molar-refractivity contribution in [3.8, 4) is 0 Å². The minimum absolute atomic E-state index is 0.0141. The zero-order valence-corrected chi connectivity index (χ0v) is 8.48. The molecule has 1 aromatic rings. The lowest BCUT2D eigenvalue weighted by atomic mass is 10.4. The van der Waals surface area contributed by atoms with Gasteiger partial charge in [-0.2, -0.15) is 0 Å². The highest BCUT2D eigenvalue weighted by atomic mass is 32.1. The van der Waals surface area contributed by atoms with Gasteiger partial charge >= 0.3 is 5.97 Å². The van der Waals surface area contributed by atoms with Crippen LogP contribution >= 0.6 is 11.3 Å². The molecule has 0 aromatic carbocycles. The van der Waals surface area contributed by atoms with Gasteiger partial charge in [0.05, 0.1) is 5.51 Å². The van der Waals surface area contributed by atoms with E-state index in [1.807, 2.05) is 0 Å². The van der Waals surface area contributed by atoms with E-state index in [0.29, 0.717) is 4.88 Å². The molecule has 0 fully saturated rings. The molecule has 0 aliphatic rings. The van der Waals surface area contributed by atoms with Gasteiger partial charge in [0.2, 0.25) is 6.61 Å². The molecule has 0 aliphatic heterocycles. The summed E-state index contributed by atoms with van der Waals surface area (Å²) in [5.74, 6) is -0.698. The van der Waals surface area contributed by atoms with Crippen molar-refractivity contribution >= 4 is 23.4 Å². The van der Waals surface area contributed by atoms with Crippen LogP contribution in [0.5, 0.6) is 0 Å². The minimum atomic E-state index is -0.698. The lowest BCUT2D eigenvalue weighted by molar-refractivity contribution is -0.137. The zero-order valence-electron chi connectivity index (χ0n) is 7.66. The van der Waals surface area contributed by atoms with E-state index in [1.54, 1.807) is 11.7 Å². The molecule has 0 unspecified atom stereocenters. The summed E-state index contributed by atoms with van der Waals surface area (Å²) in [6, 6.07) is 0. The second-order valence-electron chi connectivity index (χ2n) is 2.26. The molecule has 0 radical (unpaired) electrons. The summed E-state index contributed by atoms with van der Waals surface area (Å²) in [5, 5.41) is 3.24. The number of carbonyl (C=O) groups excluding carboxylic acids is 1. The predicted molar refractivity (Wildman–Crippen MR) is 55.6 cm³/mol. The highest BCUT2D eigenvalue weighted by molar-refractivity contribution is 7.10. The quantitative estimate of drug-likeness (QED) is 0.196. The Hall–Kier alpha value is -1.98. The molecule has 0 bridgehead atoms. The minimum Gasteiger partial charge on any atom is -0.420 e. The van der Waals surface area contributed by atoms with Crippen molar-refractivity contribution in [2.45, 2.75) is 0 Å². The van der Waals surface area contributed by atoms with Crippen molar-refractivity contribution < 1.29 is 9.53 Å². The topological polar surface area (TPSA) is 88.0 Å². The lowest BCUT2D eigenvalue weighted by Gasteiger charge is -1.96. The predicted octanol–water partition coefficient (Wildman–Crippen LogP) is 2.17. The van der Waals surface area contributed by atoms with Crippen LogP contribution in [0.25, 0.3) is 16.5 Å². The Morgan fingerprint density at radius 3 is 3.20 bits per heavy atom. The fraction of sp³-hybridized carbons (Fsp3) is 0.125. The smallest absolute Gasteiger partial charge is 0.343 e. The Morgan fingerprint density at radius 2 is 2.67 bits per heavy atom. The van der Waals surface area contributed by atoms with Crippen LogP contribution in [0, 0.1) is 6.92 Å². The molecule has 0 spiro atoms. The number of azide groups is 1. The van der Waals surface area contributed by atoms with E-state index in [0.717, 1.165) is 0 Å². The Balaban J connectivity index is 2.92. The number of aromatic nitrogens is 1. The second-order valence-corrected chi connectivity index (χ2v) is 3.18. The molecule has 7 heteroatoms. The highest BCUT2D eigenvalue weighted by Crippen LogP contribution is 2.13. The van der Waals surface area contributed by atoms with Gasteiger partial charge in [0.25, 0.3) is 0 Å². The maximum atomic E-state index is 11.2. The van der Waals surface area contributed by atoms with Crippen LogP contribution in [0.4, 0.5) is 0 Å². The standard InChI is InChI=1S/C8H7N4O2S/c1-2-14-8(13)7(11-12-9)3-6-4-10-5-15-6/h3-5H,1-2H2/q+1/b7-3-. The molecule has 0 N–H and O–H groups in total. The number of hydrogen-bond acceptors (Lipinski definition) is 5. The van der Waals surface area contributed by atoms with E-state index in [9.17, 15) is 4.79 Å². The lowest BCUT2D eigenvalue weighted by Crippen LogP contribution is -2.05. The van der Waals surface area contributed by atoms with E-state index < -0.39 is 5.97 Å². The van der Waals surface area contributed by atoms with Gasteiger partial charge < -0.3 is 4.74 Å². The van der Waals surface area contributed by atoms with Crippen molar-refractivity contribution in [3.05, 3.63) is 39.6 Å². The Labute approximate surface area is 89.8 Å². The molecule has 1 heterocycles. The van der Waals surface area contributed by atoms with Crippen LogP contribution in [0.15, 0.2) is 22.5 Å². The van der Waals surface area contributed by atoms with Gasteiger partial charge in [-0.25, -0.2) is 4.79 Å². The zero-order chi connectivity index (χ0) is 11.1. The number of hydrogen-bond donors (Lipinski definition) is 0. The Morgan fingerprint density at radius 1 is 1.87 bits per heavy atom. The van der Waals surface area contributed by atoms with Crippen LogP contribution in [0.1, 0.15) is 4.88 Å². The van der Waals surface area contributed by atoms with E-state index in [2.05, 4.69) is 26.7 Å². The number of thiazole rings is 1. The second kappa shape index (κ2) is 5.69. The maximum absolute atomic E-state index is 11.2. The highest BCUT2D eigenvalue weighted by Gasteiger charge is 2.09. The third-order valence-electron chi connectivity index (χ3n) is 1.33. The van der Waals surface area contributed by atoms with E-state index in [-0.39, 0.29) is 12.3 Å². The Kier molecular flexibility index (Phi) is 4.21. The summed E-state index contributed by atoms with van der Waals surface area (Å²) in [5.41, 5.74) is 9.76. The SMILES string of the molecule is [CH2+]COC(=O)/C(=C/c1cncs1)N=[N+]=[N-]. The summed E-state index contributed by atoms with van der Waals surface area (Å²) >= 11 is 1.32. The third-order valence-corrected chi connectivity index (χ3v) is 2.05. The average molecular weight is 223 g/mol. The first-order valence-corrected chi connectivity index (χ1v) is 4.77. The summed E-state index contributed by atoms with van der Waals surface area (Å²) < 4.78 is 4.61. The summed E-state index contributed by atoms with van der Waals surface area (Å²) in [7, 11) is 0. The van der Waals surface area contributed by atoms with Gasteiger partial charge in [0.15, 0.2) is 0 Å². The van der Waals surface area contributed by atoms with Crippen LogP contribution in [-0.2, 0) is 9.53 Å². The fourth-order valence-electron chi connectivity index (χ4n) is 0.775. The first-order valence-electron chi connectivity index (χ1n) is 3.89. The first kappa shape index (κ1) is 11.1. The molecule has 0 atom stereocenters. The van der Waals surface area contributed by atoms with Gasteiger partial charge in [0.1, 0.15) is 12.6 Å². The summed E-state index contributed by atoms with van der Waals surface area (Å²) in [4.78, 5) is 18.3. The van der Waals surface area contributed by atoms with E-state index in [4.69, 9.17) is 5.53 Å². The molecule has 1 rings (SSSR count). The average Bonchev–Trinajstić information content (AvgIpc) is 2.70. The largest absolute Gasteiger partial charge is 0.420 e. The fourth-order valence-corrected chi connectivity index (χ4v) is 1.32. The third kappa shape index (κ3) is 3.34. The monoisotopic (exact) mass is 223 g/mol. The molecule has 0 aliphatic carbocycles. The van der Waals surface area contributed by atoms with Crippen molar-refractivity contribution in [2.24, 2.45) is 5.11 Å². The van der Waals surface area contributed by atoms with Crippen molar-refractivity contribution in [2.75, 3.05) is 6.61 Å². The molecule has 1 aromatic heterocycles. The van der Waals surface area contributed by atoms with Crippen molar-refractivity contribution in [1.82, 2.24) is 4.98 Å². The van der Waals surface area contributed by atoms with Gasteiger partial charge in [-0.15, -0.1) is 11.3 Å². The van der Waals surface area contributed by atoms with Gasteiger partial charge in [0, 0.05) is 16.0 Å². The number of carbonyl (C=O) groups is 1. The van der Waals surface area contributed by atoms with Crippen LogP contribution in [-0.4, -0.2) is 17.6 Å². The van der Waals surface area contributed by atoms with Crippen LogP contribution in [0.3, 0.4) is 0 Å². The van der Waals surface area contributed by atoms with Crippen LogP contribution < -0.4 is 0 Å². The van der Waals surface area contributed by atoms with E-state index >= 15 is 0 Å². The first-order chi connectivity index (χ1) is 7.27. The van der Waals surface area contributed by atoms with Gasteiger partial charge in [-0.3, -0.25) is 4.98 Å². The molecule has 6 nitrogen and oxygen atoms in total. The summed E-state index contributed by atoms with van der Waals surface area (Å²) in [6.45, 7) is 3.34. The molecule has 0 amide bonds.